The summed E-state index contributed by atoms with van der Waals surface area (Å²) in [5.74, 6) is -0.0895. The Morgan fingerprint density at radius 3 is 1.43 bits per heavy atom. The van der Waals surface area contributed by atoms with Crippen LogP contribution in [0.4, 0.5) is 0 Å². The molecule has 0 bridgehead atoms. The van der Waals surface area contributed by atoms with E-state index in [0.717, 1.165) is 8.47 Å². The fourth-order valence-corrected chi connectivity index (χ4v) is 4.42. The number of allylic oxidation sites excluding steroid dienone is 2. The van der Waals surface area contributed by atoms with Crippen molar-refractivity contribution in [2.75, 3.05) is 25.0 Å². The van der Waals surface area contributed by atoms with E-state index in [1.807, 2.05) is 25.0 Å². The summed E-state index contributed by atoms with van der Waals surface area (Å²) < 4.78 is 1.93. The second kappa shape index (κ2) is 9.84. The maximum absolute atomic E-state index is 12.1. The van der Waals surface area contributed by atoms with Crippen molar-refractivity contribution in [2.45, 2.75) is 0 Å². The van der Waals surface area contributed by atoms with Crippen LogP contribution in [0.15, 0.2) is 32.8 Å². The third-order valence-electron chi connectivity index (χ3n) is 2.39. The third-order valence-corrected chi connectivity index (χ3v) is 7.59. The highest BCUT2D eigenvalue weighted by molar-refractivity contribution is 8.22. The average Bonchev–Trinajstić information content (AvgIpc) is 2.99. The van der Waals surface area contributed by atoms with Gasteiger partial charge in [-0.3, -0.25) is 9.59 Å². The first kappa shape index (κ1) is 19.0. The number of carbonyl (C=O) groups is 2. The number of rotatable bonds is 8. The molecule has 1 heterocycles. The number of thiophene rings is 1. The SMILES string of the molecule is CSC(=CC(=O)c1ccc(C(=O)C=C(SC)SC)s1)SC. The van der Waals surface area contributed by atoms with Crippen molar-refractivity contribution in [3.63, 3.8) is 0 Å². The van der Waals surface area contributed by atoms with Crippen LogP contribution in [0.2, 0.25) is 0 Å². The van der Waals surface area contributed by atoms with E-state index < -0.39 is 0 Å². The monoisotopic (exact) mass is 376 g/mol. The van der Waals surface area contributed by atoms with Crippen LogP contribution in [-0.4, -0.2) is 36.6 Å². The van der Waals surface area contributed by atoms with Crippen molar-refractivity contribution in [1.82, 2.24) is 0 Å². The van der Waals surface area contributed by atoms with Gasteiger partial charge in [-0.1, -0.05) is 0 Å². The lowest BCUT2D eigenvalue weighted by molar-refractivity contribution is 0.104. The Kier molecular flexibility index (Phi) is 8.89. The van der Waals surface area contributed by atoms with E-state index in [1.165, 1.54) is 11.3 Å². The fraction of sp³-hybridized carbons (Fsp3) is 0.286. The summed E-state index contributed by atoms with van der Waals surface area (Å²) in [5.41, 5.74) is 0. The van der Waals surface area contributed by atoms with Gasteiger partial charge in [0.1, 0.15) is 0 Å². The molecule has 0 N–H and O–H groups in total. The summed E-state index contributed by atoms with van der Waals surface area (Å²) in [6, 6.07) is 3.45. The quantitative estimate of drug-likeness (QED) is 0.455. The van der Waals surface area contributed by atoms with Gasteiger partial charge in [-0.25, -0.2) is 0 Å². The smallest absolute Gasteiger partial charge is 0.197 e. The van der Waals surface area contributed by atoms with Crippen LogP contribution >= 0.6 is 58.4 Å². The number of thioether (sulfide) groups is 4. The van der Waals surface area contributed by atoms with E-state index in [2.05, 4.69) is 0 Å². The lowest BCUT2D eigenvalue weighted by atomic mass is 10.3. The molecule has 0 unspecified atom stereocenters. The number of ketones is 2. The van der Waals surface area contributed by atoms with Crippen molar-refractivity contribution in [3.05, 3.63) is 42.5 Å². The summed E-state index contributed by atoms with van der Waals surface area (Å²) in [6.07, 6.45) is 11.0. The molecule has 0 radical (unpaired) electrons. The minimum absolute atomic E-state index is 0.0447. The van der Waals surface area contributed by atoms with E-state index in [1.54, 1.807) is 71.3 Å². The third kappa shape index (κ3) is 5.90. The Bertz CT molecular complexity index is 511. The van der Waals surface area contributed by atoms with E-state index in [-0.39, 0.29) is 11.6 Å². The molecule has 0 aliphatic heterocycles. The fourth-order valence-electron chi connectivity index (χ4n) is 1.36. The molecule has 0 spiro atoms. The normalized spacial score (nSPS) is 10.1. The van der Waals surface area contributed by atoms with Crippen molar-refractivity contribution >= 4 is 70.0 Å². The van der Waals surface area contributed by atoms with Crippen molar-refractivity contribution in [2.24, 2.45) is 0 Å². The summed E-state index contributed by atoms with van der Waals surface area (Å²) in [4.78, 5) is 25.4. The maximum Gasteiger partial charge on any atom is 0.197 e. The van der Waals surface area contributed by atoms with Gasteiger partial charge in [0.05, 0.1) is 9.75 Å². The summed E-state index contributed by atoms with van der Waals surface area (Å²) in [6.45, 7) is 0. The summed E-state index contributed by atoms with van der Waals surface area (Å²) >= 11 is 7.43. The highest BCUT2D eigenvalue weighted by Gasteiger charge is 2.12. The molecule has 0 aliphatic rings. The molecule has 0 aliphatic carbocycles. The highest BCUT2D eigenvalue weighted by Crippen LogP contribution is 2.27. The molecule has 0 amide bonds. The molecule has 2 nitrogen and oxygen atoms in total. The molecule has 21 heavy (non-hydrogen) atoms. The Morgan fingerprint density at radius 2 is 1.14 bits per heavy atom. The Labute approximate surface area is 146 Å². The Morgan fingerprint density at radius 1 is 0.810 bits per heavy atom. The molecule has 1 aromatic heterocycles. The van der Waals surface area contributed by atoms with E-state index >= 15 is 0 Å². The molecule has 0 atom stereocenters. The molecular formula is C14H16O2S5. The molecule has 1 rings (SSSR count). The van der Waals surface area contributed by atoms with E-state index in [0.29, 0.717) is 9.75 Å². The second-order valence-corrected chi connectivity index (χ2v) is 8.63. The zero-order chi connectivity index (χ0) is 15.8. The van der Waals surface area contributed by atoms with Crippen LogP contribution in [0, 0.1) is 0 Å². The predicted octanol–water partition coefficient (Wildman–Crippen LogP) is 5.25. The number of hydrogen-bond donors (Lipinski definition) is 0. The number of hydrogen-bond acceptors (Lipinski definition) is 7. The molecular weight excluding hydrogens is 360 g/mol. The number of carbonyl (C=O) groups excluding carboxylic acids is 2. The molecule has 114 valence electrons. The van der Waals surface area contributed by atoms with Gasteiger partial charge in [-0.2, -0.15) is 0 Å². The van der Waals surface area contributed by atoms with Gasteiger partial charge in [0.2, 0.25) is 0 Å². The molecule has 1 aromatic rings. The first-order chi connectivity index (χ1) is 10.0. The zero-order valence-electron chi connectivity index (χ0n) is 12.2. The summed E-state index contributed by atoms with van der Waals surface area (Å²) in [5, 5.41) is 0. The van der Waals surface area contributed by atoms with Crippen LogP contribution in [0.5, 0.6) is 0 Å². The average molecular weight is 377 g/mol. The van der Waals surface area contributed by atoms with Gasteiger partial charge in [-0.05, 0) is 37.2 Å². The predicted molar refractivity (Wildman–Crippen MR) is 103 cm³/mol. The van der Waals surface area contributed by atoms with Gasteiger partial charge >= 0.3 is 0 Å². The second-order valence-electron chi connectivity index (χ2n) is 3.64. The molecule has 0 saturated carbocycles. The first-order valence-electron chi connectivity index (χ1n) is 5.83. The topological polar surface area (TPSA) is 34.1 Å². The first-order valence-corrected chi connectivity index (χ1v) is 11.5. The van der Waals surface area contributed by atoms with Gasteiger partial charge in [0.15, 0.2) is 11.6 Å². The molecule has 7 heteroatoms. The van der Waals surface area contributed by atoms with Crippen molar-refractivity contribution in [3.8, 4) is 0 Å². The van der Waals surface area contributed by atoms with Crippen LogP contribution < -0.4 is 0 Å². The minimum atomic E-state index is -0.0447. The standard InChI is InChI=1S/C14H16O2S5/c1-17-13(18-2)7-9(15)11-5-6-12(21-11)10(16)8-14(19-3)20-4/h5-8H,1-4H3. The summed E-state index contributed by atoms with van der Waals surface area (Å²) in [7, 11) is 0. The Hall–Kier alpha value is -0.0800. The van der Waals surface area contributed by atoms with Gasteiger partial charge < -0.3 is 0 Å². The highest BCUT2D eigenvalue weighted by atomic mass is 32.2. The van der Waals surface area contributed by atoms with Crippen LogP contribution in [-0.2, 0) is 0 Å². The van der Waals surface area contributed by atoms with Crippen molar-refractivity contribution in [1.29, 1.82) is 0 Å². The van der Waals surface area contributed by atoms with Gasteiger partial charge in [0, 0.05) is 20.6 Å². The van der Waals surface area contributed by atoms with Crippen LogP contribution in [0.25, 0.3) is 0 Å². The van der Waals surface area contributed by atoms with E-state index in [4.69, 9.17) is 0 Å². The van der Waals surface area contributed by atoms with Crippen LogP contribution in [0.1, 0.15) is 19.3 Å². The molecule has 0 fully saturated rings. The Balaban J connectivity index is 2.91. The lowest BCUT2D eigenvalue weighted by Gasteiger charge is -1.98. The maximum atomic E-state index is 12.1. The lowest BCUT2D eigenvalue weighted by Crippen LogP contribution is -1.92. The van der Waals surface area contributed by atoms with E-state index in [9.17, 15) is 9.59 Å². The minimum Gasteiger partial charge on any atom is -0.288 e. The van der Waals surface area contributed by atoms with Gasteiger partial charge in [-0.15, -0.1) is 58.4 Å². The van der Waals surface area contributed by atoms with Crippen LogP contribution in [0.3, 0.4) is 0 Å². The molecule has 0 aromatic carbocycles. The van der Waals surface area contributed by atoms with Crippen molar-refractivity contribution < 1.29 is 9.59 Å². The zero-order valence-corrected chi connectivity index (χ0v) is 16.2. The largest absolute Gasteiger partial charge is 0.288 e. The van der Waals surface area contributed by atoms with Gasteiger partial charge in [0.25, 0.3) is 0 Å². The molecule has 0 saturated heterocycles.